The van der Waals surface area contributed by atoms with Gasteiger partial charge in [0.05, 0.1) is 31.8 Å². The summed E-state index contributed by atoms with van der Waals surface area (Å²) in [5, 5.41) is 0.556. The average Bonchev–Trinajstić information content (AvgIpc) is 3.32. The van der Waals surface area contributed by atoms with Crippen molar-refractivity contribution in [1.29, 1.82) is 0 Å². The second-order valence-corrected chi connectivity index (χ2v) is 8.26. The van der Waals surface area contributed by atoms with Gasteiger partial charge in [-0.2, -0.15) is 0 Å². The summed E-state index contributed by atoms with van der Waals surface area (Å²) in [6.07, 6.45) is 3.25. The van der Waals surface area contributed by atoms with Crippen molar-refractivity contribution in [3.05, 3.63) is 84.2 Å². The molecule has 1 amide bonds. The molecule has 3 aromatic carbocycles. The van der Waals surface area contributed by atoms with Crippen LogP contribution in [-0.2, 0) is 6.54 Å². The Kier molecular flexibility index (Phi) is 5.58. The third-order valence-corrected chi connectivity index (χ3v) is 6.37. The van der Waals surface area contributed by atoms with Crippen molar-refractivity contribution < 1.29 is 14.3 Å². The van der Waals surface area contributed by atoms with Crippen LogP contribution in [0.5, 0.6) is 11.5 Å². The number of amides is 1. The Hall–Kier alpha value is -4.04. The summed E-state index contributed by atoms with van der Waals surface area (Å²) in [4.78, 5) is 28.9. The summed E-state index contributed by atoms with van der Waals surface area (Å²) in [7, 11) is 3.22. The van der Waals surface area contributed by atoms with E-state index in [9.17, 15) is 4.79 Å². The van der Waals surface area contributed by atoms with Crippen molar-refractivity contribution in [2.75, 3.05) is 19.1 Å². The number of hydrogen-bond acceptors (Lipinski definition) is 7. The van der Waals surface area contributed by atoms with Gasteiger partial charge in [0, 0.05) is 18.0 Å². The van der Waals surface area contributed by atoms with Gasteiger partial charge < -0.3 is 9.47 Å². The molecule has 0 radical (unpaired) electrons. The Bertz CT molecular complexity index is 1410. The smallest absolute Gasteiger partial charge is 0.260 e. The van der Waals surface area contributed by atoms with E-state index in [1.807, 2.05) is 42.5 Å². The Morgan fingerprint density at radius 3 is 2.39 bits per heavy atom. The first-order valence-electron chi connectivity index (χ1n) is 10.3. The molecule has 2 heterocycles. The monoisotopic (exact) mass is 456 g/mol. The van der Waals surface area contributed by atoms with Crippen LogP contribution in [0.3, 0.4) is 0 Å². The maximum absolute atomic E-state index is 13.8. The van der Waals surface area contributed by atoms with E-state index in [0.717, 1.165) is 15.8 Å². The van der Waals surface area contributed by atoms with Gasteiger partial charge in [-0.3, -0.25) is 19.7 Å². The molecule has 164 valence electrons. The number of aromatic nitrogens is 3. The van der Waals surface area contributed by atoms with Crippen LogP contribution in [-0.4, -0.2) is 35.1 Å². The van der Waals surface area contributed by atoms with Gasteiger partial charge in [-0.15, -0.1) is 0 Å². The molecule has 0 aliphatic heterocycles. The Morgan fingerprint density at radius 1 is 0.909 bits per heavy atom. The van der Waals surface area contributed by atoms with Crippen LogP contribution in [0.25, 0.3) is 21.3 Å². The second-order valence-electron chi connectivity index (χ2n) is 7.28. The highest BCUT2D eigenvalue weighted by atomic mass is 32.1. The van der Waals surface area contributed by atoms with Crippen molar-refractivity contribution in [2.24, 2.45) is 0 Å². The van der Waals surface area contributed by atoms with Gasteiger partial charge >= 0.3 is 0 Å². The summed E-state index contributed by atoms with van der Waals surface area (Å²) in [6, 6.07) is 18.8. The van der Waals surface area contributed by atoms with Crippen LogP contribution in [0, 0.1) is 0 Å². The molecular formula is C25H20N4O3S. The molecule has 0 N–H and O–H groups in total. The van der Waals surface area contributed by atoms with Crippen molar-refractivity contribution in [1.82, 2.24) is 15.0 Å². The molecule has 0 spiro atoms. The number of benzene rings is 3. The van der Waals surface area contributed by atoms with E-state index in [2.05, 4.69) is 9.97 Å². The number of nitrogens with zero attached hydrogens (tertiary/aromatic N) is 4. The first-order chi connectivity index (χ1) is 16.2. The van der Waals surface area contributed by atoms with Crippen LogP contribution >= 0.6 is 11.3 Å². The Labute approximate surface area is 194 Å². The standard InChI is InChI=1S/C25H20N4O3S/c1-31-20-10-11-21(32-2)23-22(20)28-25(33-23)29(15-16-6-4-3-5-7-16)24(30)17-8-9-18-19(14-17)27-13-12-26-18/h3-14H,15H2,1-2H3. The third-order valence-electron chi connectivity index (χ3n) is 5.27. The minimum absolute atomic E-state index is 0.177. The molecule has 0 saturated carbocycles. The molecule has 8 heteroatoms. The number of rotatable bonds is 6. The van der Waals surface area contributed by atoms with Gasteiger partial charge in [-0.1, -0.05) is 41.7 Å². The zero-order valence-corrected chi connectivity index (χ0v) is 18.9. The molecule has 0 unspecified atom stereocenters. The highest BCUT2D eigenvalue weighted by Gasteiger charge is 2.24. The van der Waals surface area contributed by atoms with Crippen LogP contribution < -0.4 is 14.4 Å². The van der Waals surface area contributed by atoms with E-state index in [-0.39, 0.29) is 5.91 Å². The van der Waals surface area contributed by atoms with Crippen molar-refractivity contribution >= 4 is 43.6 Å². The van der Waals surface area contributed by atoms with Crippen LogP contribution in [0.4, 0.5) is 5.13 Å². The number of anilines is 1. The molecule has 0 aliphatic rings. The normalized spacial score (nSPS) is 11.0. The summed E-state index contributed by atoms with van der Waals surface area (Å²) < 4.78 is 11.9. The second kappa shape index (κ2) is 8.84. The fourth-order valence-electron chi connectivity index (χ4n) is 3.63. The van der Waals surface area contributed by atoms with Crippen molar-refractivity contribution in [3.63, 3.8) is 0 Å². The molecule has 7 nitrogen and oxygen atoms in total. The molecule has 0 fully saturated rings. The van der Waals surface area contributed by atoms with Crippen LogP contribution in [0.1, 0.15) is 15.9 Å². The maximum Gasteiger partial charge on any atom is 0.260 e. The molecule has 0 saturated heterocycles. The summed E-state index contributed by atoms with van der Waals surface area (Å²) in [6.45, 7) is 0.364. The molecule has 0 aliphatic carbocycles. The van der Waals surface area contributed by atoms with E-state index in [1.54, 1.807) is 49.7 Å². The van der Waals surface area contributed by atoms with Crippen molar-refractivity contribution in [3.8, 4) is 11.5 Å². The van der Waals surface area contributed by atoms with Gasteiger partial charge in [0.2, 0.25) is 0 Å². The third kappa shape index (κ3) is 3.96. The number of fused-ring (bicyclic) bond motifs is 2. The Balaban J connectivity index is 1.63. The van der Waals surface area contributed by atoms with E-state index < -0.39 is 0 Å². The van der Waals surface area contributed by atoms with Gasteiger partial charge in [0.1, 0.15) is 21.7 Å². The highest BCUT2D eigenvalue weighted by Crippen LogP contribution is 2.40. The predicted molar refractivity (Wildman–Crippen MR) is 129 cm³/mol. The number of methoxy groups -OCH3 is 2. The fourth-order valence-corrected chi connectivity index (χ4v) is 4.71. The first kappa shape index (κ1) is 20.8. The number of hydrogen-bond donors (Lipinski definition) is 0. The fraction of sp³-hybridized carbons (Fsp3) is 0.120. The predicted octanol–water partition coefficient (Wildman–Crippen LogP) is 5.10. The lowest BCUT2D eigenvalue weighted by Gasteiger charge is -2.20. The highest BCUT2D eigenvalue weighted by molar-refractivity contribution is 7.22. The van der Waals surface area contributed by atoms with Gasteiger partial charge in [0.25, 0.3) is 5.91 Å². The number of carbonyl (C=O) groups excluding carboxylic acids is 1. The first-order valence-corrected chi connectivity index (χ1v) is 11.1. The molecule has 33 heavy (non-hydrogen) atoms. The molecule has 5 rings (SSSR count). The quantitative estimate of drug-likeness (QED) is 0.354. The van der Waals surface area contributed by atoms with E-state index in [0.29, 0.717) is 39.8 Å². The maximum atomic E-state index is 13.8. The van der Waals surface area contributed by atoms with Gasteiger partial charge in [-0.25, -0.2) is 4.98 Å². The molecule has 0 atom stereocenters. The molecule has 2 aromatic heterocycles. The lowest BCUT2D eigenvalue weighted by Crippen LogP contribution is -2.30. The summed E-state index contributed by atoms with van der Waals surface area (Å²) >= 11 is 1.39. The van der Waals surface area contributed by atoms with Crippen LogP contribution in [0.2, 0.25) is 0 Å². The minimum Gasteiger partial charge on any atom is -0.495 e. The lowest BCUT2D eigenvalue weighted by atomic mass is 10.1. The van der Waals surface area contributed by atoms with Gasteiger partial charge in [0.15, 0.2) is 5.13 Å². The van der Waals surface area contributed by atoms with Gasteiger partial charge in [-0.05, 0) is 35.9 Å². The zero-order valence-electron chi connectivity index (χ0n) is 18.1. The summed E-state index contributed by atoms with van der Waals surface area (Å²) in [5.74, 6) is 1.13. The zero-order chi connectivity index (χ0) is 22.8. The minimum atomic E-state index is -0.177. The van der Waals surface area contributed by atoms with E-state index >= 15 is 0 Å². The lowest BCUT2D eigenvalue weighted by molar-refractivity contribution is 0.0985. The number of ether oxygens (including phenoxy) is 2. The van der Waals surface area contributed by atoms with Crippen molar-refractivity contribution in [2.45, 2.75) is 6.54 Å². The molecule has 5 aromatic rings. The SMILES string of the molecule is COc1ccc(OC)c2sc(N(Cc3ccccc3)C(=O)c3ccc4nccnc4c3)nc12. The summed E-state index contributed by atoms with van der Waals surface area (Å²) in [5.41, 5.74) is 3.56. The van der Waals surface area contributed by atoms with Crippen LogP contribution in [0.15, 0.2) is 73.1 Å². The number of carbonyl (C=O) groups is 1. The largest absolute Gasteiger partial charge is 0.495 e. The van der Waals surface area contributed by atoms with E-state index in [4.69, 9.17) is 14.5 Å². The average molecular weight is 457 g/mol. The Morgan fingerprint density at radius 2 is 1.64 bits per heavy atom. The molecular weight excluding hydrogens is 436 g/mol. The number of thiazole rings is 1. The molecule has 0 bridgehead atoms. The van der Waals surface area contributed by atoms with E-state index in [1.165, 1.54) is 11.3 Å². The topological polar surface area (TPSA) is 77.4 Å².